The third-order valence-electron chi connectivity index (χ3n) is 3.39. The summed E-state index contributed by atoms with van der Waals surface area (Å²) in [6.45, 7) is 2.69. The minimum Gasteiger partial charge on any atom is -0.395 e. The first-order valence-electron chi connectivity index (χ1n) is 6.74. The second-order valence-electron chi connectivity index (χ2n) is 4.91. The highest BCUT2D eigenvalue weighted by molar-refractivity contribution is 5.71. The average molecular weight is 267 g/mol. The highest BCUT2D eigenvalue weighted by Crippen LogP contribution is 2.16. The summed E-state index contributed by atoms with van der Waals surface area (Å²) in [5.74, 6) is 0.941. The SMILES string of the molecule is Cc1ccc(Cc2nc3cccnc3n2CCO)cc1. The summed E-state index contributed by atoms with van der Waals surface area (Å²) in [6.07, 6.45) is 2.50. The number of rotatable bonds is 4. The number of aliphatic hydroxyl groups is 1. The van der Waals surface area contributed by atoms with Crippen molar-refractivity contribution in [2.45, 2.75) is 19.9 Å². The normalized spacial score (nSPS) is 11.1. The first kappa shape index (κ1) is 12.8. The van der Waals surface area contributed by atoms with E-state index in [1.807, 2.05) is 16.7 Å². The van der Waals surface area contributed by atoms with Gasteiger partial charge in [0, 0.05) is 19.2 Å². The van der Waals surface area contributed by atoms with Crippen LogP contribution >= 0.6 is 0 Å². The molecule has 102 valence electrons. The van der Waals surface area contributed by atoms with Gasteiger partial charge in [-0.25, -0.2) is 9.97 Å². The fraction of sp³-hybridized carbons (Fsp3) is 0.250. The van der Waals surface area contributed by atoms with Crippen molar-refractivity contribution in [1.82, 2.24) is 14.5 Å². The van der Waals surface area contributed by atoms with E-state index in [-0.39, 0.29) is 6.61 Å². The lowest BCUT2D eigenvalue weighted by atomic mass is 10.1. The van der Waals surface area contributed by atoms with Crippen LogP contribution in [-0.2, 0) is 13.0 Å². The molecule has 20 heavy (non-hydrogen) atoms. The number of aliphatic hydroxyl groups excluding tert-OH is 1. The maximum Gasteiger partial charge on any atom is 0.160 e. The Morgan fingerprint density at radius 1 is 1.15 bits per heavy atom. The standard InChI is InChI=1S/C16H17N3O/c1-12-4-6-13(7-5-12)11-15-18-14-3-2-8-17-16(14)19(15)9-10-20/h2-8,20H,9-11H2,1H3. The van der Waals surface area contributed by atoms with E-state index in [0.29, 0.717) is 6.54 Å². The minimum absolute atomic E-state index is 0.0862. The number of hydrogen-bond donors (Lipinski definition) is 1. The molecule has 1 N–H and O–H groups in total. The largest absolute Gasteiger partial charge is 0.395 e. The molecule has 0 aliphatic carbocycles. The Balaban J connectivity index is 2.01. The zero-order chi connectivity index (χ0) is 13.9. The molecule has 0 saturated heterocycles. The van der Waals surface area contributed by atoms with Gasteiger partial charge in [-0.2, -0.15) is 0 Å². The van der Waals surface area contributed by atoms with Crippen LogP contribution in [0.2, 0.25) is 0 Å². The van der Waals surface area contributed by atoms with Gasteiger partial charge in [0.05, 0.1) is 6.61 Å². The van der Waals surface area contributed by atoms with Gasteiger partial charge in [-0.05, 0) is 24.6 Å². The molecule has 3 rings (SSSR count). The number of fused-ring (bicyclic) bond motifs is 1. The molecule has 2 aromatic heterocycles. The van der Waals surface area contributed by atoms with Crippen molar-refractivity contribution in [2.75, 3.05) is 6.61 Å². The smallest absolute Gasteiger partial charge is 0.160 e. The Kier molecular flexibility index (Phi) is 3.48. The molecule has 0 aliphatic rings. The Labute approximate surface area is 117 Å². The predicted octanol–water partition coefficient (Wildman–Crippen LogP) is 2.32. The van der Waals surface area contributed by atoms with Gasteiger partial charge >= 0.3 is 0 Å². The third-order valence-corrected chi connectivity index (χ3v) is 3.39. The summed E-state index contributed by atoms with van der Waals surface area (Å²) >= 11 is 0. The summed E-state index contributed by atoms with van der Waals surface area (Å²) in [5, 5.41) is 9.25. The summed E-state index contributed by atoms with van der Waals surface area (Å²) in [7, 11) is 0. The second-order valence-corrected chi connectivity index (χ2v) is 4.91. The predicted molar refractivity (Wildman–Crippen MR) is 78.6 cm³/mol. The van der Waals surface area contributed by atoms with E-state index >= 15 is 0 Å². The highest BCUT2D eigenvalue weighted by Gasteiger charge is 2.11. The number of aryl methyl sites for hydroxylation is 1. The molecule has 1 aromatic carbocycles. The van der Waals surface area contributed by atoms with E-state index in [1.165, 1.54) is 11.1 Å². The number of hydrogen-bond acceptors (Lipinski definition) is 3. The number of aromatic nitrogens is 3. The lowest BCUT2D eigenvalue weighted by Gasteiger charge is -2.07. The maximum absolute atomic E-state index is 9.25. The van der Waals surface area contributed by atoms with E-state index in [0.717, 1.165) is 23.4 Å². The molecule has 0 unspecified atom stereocenters. The van der Waals surface area contributed by atoms with Crippen LogP contribution in [0.3, 0.4) is 0 Å². The molecular weight excluding hydrogens is 250 g/mol. The number of nitrogens with zero attached hydrogens (tertiary/aromatic N) is 3. The highest BCUT2D eigenvalue weighted by atomic mass is 16.3. The summed E-state index contributed by atoms with van der Waals surface area (Å²) in [6, 6.07) is 12.3. The topological polar surface area (TPSA) is 50.9 Å². The minimum atomic E-state index is 0.0862. The van der Waals surface area contributed by atoms with E-state index in [2.05, 4.69) is 41.2 Å². The molecule has 4 nitrogen and oxygen atoms in total. The molecule has 0 aliphatic heterocycles. The Hall–Kier alpha value is -2.20. The van der Waals surface area contributed by atoms with Crippen molar-refractivity contribution >= 4 is 11.2 Å². The molecule has 4 heteroatoms. The Morgan fingerprint density at radius 2 is 1.95 bits per heavy atom. The number of imidazole rings is 1. The van der Waals surface area contributed by atoms with Crippen LogP contribution in [0.15, 0.2) is 42.6 Å². The molecule has 2 heterocycles. The quantitative estimate of drug-likeness (QED) is 0.789. The maximum atomic E-state index is 9.25. The summed E-state index contributed by atoms with van der Waals surface area (Å²) < 4.78 is 2.00. The van der Waals surface area contributed by atoms with Gasteiger partial charge in [0.15, 0.2) is 5.65 Å². The van der Waals surface area contributed by atoms with Gasteiger partial charge in [-0.15, -0.1) is 0 Å². The molecule has 0 fully saturated rings. The van der Waals surface area contributed by atoms with E-state index in [4.69, 9.17) is 0 Å². The van der Waals surface area contributed by atoms with Gasteiger partial charge < -0.3 is 9.67 Å². The second kappa shape index (κ2) is 5.43. The lowest BCUT2D eigenvalue weighted by Crippen LogP contribution is -2.08. The molecular formula is C16H17N3O. The monoisotopic (exact) mass is 267 g/mol. The van der Waals surface area contributed by atoms with E-state index < -0.39 is 0 Å². The molecule has 0 amide bonds. The fourth-order valence-corrected chi connectivity index (χ4v) is 2.36. The van der Waals surface area contributed by atoms with Gasteiger partial charge in [0.2, 0.25) is 0 Å². The van der Waals surface area contributed by atoms with Gasteiger partial charge in [0.25, 0.3) is 0 Å². The lowest BCUT2D eigenvalue weighted by molar-refractivity contribution is 0.276. The number of benzene rings is 1. The van der Waals surface area contributed by atoms with Crippen molar-refractivity contribution in [2.24, 2.45) is 0 Å². The third kappa shape index (κ3) is 2.42. The molecule has 0 atom stereocenters. The van der Waals surface area contributed by atoms with Crippen LogP contribution < -0.4 is 0 Å². The van der Waals surface area contributed by atoms with Crippen molar-refractivity contribution in [1.29, 1.82) is 0 Å². The molecule has 0 radical (unpaired) electrons. The first-order valence-corrected chi connectivity index (χ1v) is 6.74. The van der Waals surface area contributed by atoms with Crippen molar-refractivity contribution in [3.05, 3.63) is 59.5 Å². The Bertz CT molecular complexity index is 716. The van der Waals surface area contributed by atoms with E-state index in [9.17, 15) is 5.11 Å². The van der Waals surface area contributed by atoms with Crippen LogP contribution in [0.1, 0.15) is 17.0 Å². The zero-order valence-electron chi connectivity index (χ0n) is 11.5. The van der Waals surface area contributed by atoms with Crippen LogP contribution in [0.5, 0.6) is 0 Å². The van der Waals surface area contributed by atoms with E-state index in [1.54, 1.807) is 6.20 Å². The summed E-state index contributed by atoms with van der Waals surface area (Å²) in [5.41, 5.74) is 4.18. The van der Waals surface area contributed by atoms with Crippen LogP contribution in [0.4, 0.5) is 0 Å². The molecule has 0 saturated carbocycles. The molecule has 3 aromatic rings. The van der Waals surface area contributed by atoms with Crippen molar-refractivity contribution < 1.29 is 5.11 Å². The average Bonchev–Trinajstić information content (AvgIpc) is 2.80. The van der Waals surface area contributed by atoms with Crippen LogP contribution in [0.25, 0.3) is 11.2 Å². The number of pyridine rings is 1. The van der Waals surface area contributed by atoms with Gasteiger partial charge in [-0.3, -0.25) is 0 Å². The molecule has 0 spiro atoms. The van der Waals surface area contributed by atoms with Crippen molar-refractivity contribution in [3.8, 4) is 0 Å². The van der Waals surface area contributed by atoms with Crippen molar-refractivity contribution in [3.63, 3.8) is 0 Å². The fourth-order valence-electron chi connectivity index (χ4n) is 2.36. The first-order chi connectivity index (χ1) is 9.78. The van der Waals surface area contributed by atoms with Crippen LogP contribution in [0, 0.1) is 6.92 Å². The van der Waals surface area contributed by atoms with Gasteiger partial charge in [0.1, 0.15) is 11.3 Å². The summed E-state index contributed by atoms with van der Waals surface area (Å²) in [4.78, 5) is 9.00. The van der Waals surface area contributed by atoms with Gasteiger partial charge in [-0.1, -0.05) is 29.8 Å². The molecule has 0 bridgehead atoms. The Morgan fingerprint density at radius 3 is 2.70 bits per heavy atom. The zero-order valence-corrected chi connectivity index (χ0v) is 11.5. The van der Waals surface area contributed by atoms with Crippen LogP contribution in [-0.4, -0.2) is 26.2 Å².